The minimum Gasteiger partial charge on any atom is -0.508 e. The largest absolute Gasteiger partial charge is 0.508 e. The number of unbranched alkanes of at least 4 members (excludes halogenated alkanes) is 1. The molecule has 0 bridgehead atoms. The summed E-state index contributed by atoms with van der Waals surface area (Å²) in [6, 6.07) is -0.00123. The number of nitrogens with zero attached hydrogens (tertiary/aromatic N) is 2. The van der Waals surface area contributed by atoms with Crippen LogP contribution in [0.3, 0.4) is 0 Å². The summed E-state index contributed by atoms with van der Waals surface area (Å²) in [6.07, 6.45) is 0.976. The number of hydrogen-bond donors (Lipinski definition) is 18. The Morgan fingerprint density at radius 1 is 0.706 bits per heavy atom. The average molecular weight is 1190 g/mol. The van der Waals surface area contributed by atoms with Gasteiger partial charge in [0.25, 0.3) is 0 Å². The number of aliphatic imine (C=N–C) groups is 1. The molecule has 22 N–H and O–H groups in total. The number of fused-ring (bicyclic) bond motifs is 1. The number of phenolic OH excluding ortho intramolecular Hbond substituents is 1. The van der Waals surface area contributed by atoms with Crippen LogP contribution in [0.4, 0.5) is 0 Å². The maximum Gasteiger partial charge on any atom is 0.326 e. The first kappa shape index (κ1) is 69.0. The predicted molar refractivity (Wildman–Crippen MR) is 309 cm³/mol. The number of benzene rings is 2. The molecule has 1 aromatic heterocycles. The highest BCUT2D eigenvalue weighted by Gasteiger charge is 2.40. The van der Waals surface area contributed by atoms with Crippen molar-refractivity contribution in [2.75, 3.05) is 39.4 Å². The Bertz CT molecular complexity index is 2790. The number of hydrogen-bond acceptors (Lipinski definition) is 17. The molecular formula is C55H83N15O15. The second-order valence-electron chi connectivity index (χ2n) is 21.2. The molecule has 3 aromatic rings. The molecule has 1 saturated heterocycles. The molecule has 30 nitrogen and oxygen atoms in total. The molecule has 10 atom stereocenters. The highest BCUT2D eigenvalue weighted by molar-refractivity contribution is 5.99. The number of nitrogens with one attached hydrogen (secondary N) is 9. The molecular weight excluding hydrogens is 1110 g/mol. The molecule has 0 saturated carbocycles. The van der Waals surface area contributed by atoms with E-state index in [-0.39, 0.29) is 88.6 Å². The van der Waals surface area contributed by atoms with E-state index in [0.29, 0.717) is 34.9 Å². The summed E-state index contributed by atoms with van der Waals surface area (Å²) in [4.78, 5) is 144. The van der Waals surface area contributed by atoms with Gasteiger partial charge in [-0.3, -0.25) is 48.1 Å². The van der Waals surface area contributed by atoms with Gasteiger partial charge in [-0.15, -0.1) is 0 Å². The fourth-order valence-electron chi connectivity index (χ4n) is 9.36. The molecule has 0 aliphatic carbocycles. The number of aliphatic hydroxyl groups excluding tert-OH is 3. The van der Waals surface area contributed by atoms with Crippen molar-refractivity contribution in [2.24, 2.45) is 33.8 Å². The number of rotatable bonds is 35. The SMILES string of the molecule is CC(C)C[C@H](NC(=O)[C@H](CO)NC(=O)[C@H](CO)NC(=O)[C@@H]1CCCN1C(=O)[C@H](CCCCN)NC(=O)[C@H](CCCN=C(N)N)NC(=O)[C@H](Cc1c[nH]c2ccccc12)NC(=O)[C@@H](NC(=O)CNC(=O)[C@@H](N)Cc1ccc(O)cc1)[C@@H](C)O)C(=O)O. The number of aromatic nitrogens is 1. The normalized spacial score (nSPS) is 16.2. The lowest BCUT2D eigenvalue weighted by Crippen LogP contribution is -2.61. The van der Waals surface area contributed by atoms with Gasteiger partial charge in [0.05, 0.1) is 31.9 Å². The third-order valence-corrected chi connectivity index (χ3v) is 13.9. The van der Waals surface area contributed by atoms with Crippen LogP contribution in [0.15, 0.2) is 59.7 Å². The monoisotopic (exact) mass is 1190 g/mol. The maximum atomic E-state index is 14.7. The summed E-state index contributed by atoms with van der Waals surface area (Å²) < 4.78 is 0. The van der Waals surface area contributed by atoms with Crippen molar-refractivity contribution in [1.29, 1.82) is 0 Å². The van der Waals surface area contributed by atoms with E-state index in [1.165, 1.54) is 24.0 Å². The number of phenols is 1. The van der Waals surface area contributed by atoms with Gasteiger partial charge in [0.1, 0.15) is 54.1 Å². The molecule has 9 amide bonds. The van der Waals surface area contributed by atoms with Crippen LogP contribution < -0.4 is 65.5 Å². The minimum atomic E-state index is -1.71. The second kappa shape index (κ2) is 34.4. The van der Waals surface area contributed by atoms with Gasteiger partial charge in [0, 0.05) is 36.6 Å². The first-order valence-electron chi connectivity index (χ1n) is 28.0. The van der Waals surface area contributed by atoms with E-state index in [0.717, 1.165) is 0 Å². The zero-order valence-electron chi connectivity index (χ0n) is 47.9. The van der Waals surface area contributed by atoms with E-state index in [4.69, 9.17) is 22.9 Å². The molecule has 1 aliphatic rings. The summed E-state index contributed by atoms with van der Waals surface area (Å²) in [7, 11) is 0. The van der Waals surface area contributed by atoms with Gasteiger partial charge in [0.15, 0.2) is 5.96 Å². The van der Waals surface area contributed by atoms with Gasteiger partial charge in [-0.25, -0.2) is 4.79 Å². The molecule has 1 aliphatic heterocycles. The number of nitrogens with two attached hydrogens (primary N) is 4. The highest BCUT2D eigenvalue weighted by Crippen LogP contribution is 2.22. The van der Waals surface area contributed by atoms with Crippen molar-refractivity contribution in [3.05, 3.63) is 65.9 Å². The number of aliphatic hydroxyl groups is 3. The third kappa shape index (κ3) is 21.9. The second-order valence-corrected chi connectivity index (χ2v) is 21.2. The number of guanidine groups is 1. The Labute approximate surface area is 490 Å². The Morgan fingerprint density at radius 3 is 1.92 bits per heavy atom. The van der Waals surface area contributed by atoms with Crippen molar-refractivity contribution in [1.82, 2.24) is 52.4 Å². The van der Waals surface area contributed by atoms with Crippen molar-refractivity contribution in [3.63, 3.8) is 0 Å². The number of carboxylic acid groups (broad SMARTS) is 1. The molecule has 1 fully saturated rings. The predicted octanol–water partition coefficient (Wildman–Crippen LogP) is -4.83. The lowest BCUT2D eigenvalue weighted by Gasteiger charge is -2.31. The lowest BCUT2D eigenvalue weighted by atomic mass is 10.0. The number of amides is 9. The summed E-state index contributed by atoms with van der Waals surface area (Å²) in [6.45, 7) is 2.26. The number of carbonyl (C=O) groups is 10. The summed E-state index contributed by atoms with van der Waals surface area (Å²) in [5.41, 5.74) is 24.8. The zero-order chi connectivity index (χ0) is 62.9. The van der Waals surface area contributed by atoms with Gasteiger partial charge in [-0.05, 0) is 106 Å². The smallest absolute Gasteiger partial charge is 0.326 e. The van der Waals surface area contributed by atoms with Gasteiger partial charge in [-0.2, -0.15) is 0 Å². The average Bonchev–Trinajstić information content (AvgIpc) is 3.36. The van der Waals surface area contributed by atoms with E-state index in [2.05, 4.69) is 52.5 Å². The summed E-state index contributed by atoms with van der Waals surface area (Å²) >= 11 is 0. The van der Waals surface area contributed by atoms with E-state index in [9.17, 15) is 73.5 Å². The molecule has 0 radical (unpaired) electrons. The Balaban J connectivity index is 1.56. The molecule has 30 heteroatoms. The number of aromatic hydroxyl groups is 1. The number of likely N-dealkylation sites (tertiary alicyclic amines) is 1. The standard InChI is InChI=1S/C55H83N15O15/c1-29(2)22-40(54(84)85)66-49(79)41(27-71)67-50(80)42(28-72)68-51(81)43-14-9-21-70(43)53(83)38(12-6-7-19-56)64-47(77)37(13-8-20-60-55(58)59)63-48(78)39(24-32-25-61-36-11-5-4-10-34(32)36)65-52(82)45(30(3)73)69-44(75)26-62-46(76)35(57)23-31-15-17-33(74)18-16-31/h4-5,10-11,15-18,25,29-30,35,37-43,45,61,71-74H,6-9,12-14,19-24,26-28,56-57H2,1-3H3,(H,62,76)(H,63,78)(H,64,77)(H,65,82)(H,66,79)(H,67,80)(H,68,81)(H,69,75)(H,84,85)(H4,58,59,60)/t30-,35+,37+,38+,39+,40+,41+,42+,43+,45+/m1/s1. The van der Waals surface area contributed by atoms with Crippen LogP contribution in [-0.4, -0.2) is 200 Å². The van der Waals surface area contributed by atoms with Crippen molar-refractivity contribution >= 4 is 76.0 Å². The fourth-order valence-corrected chi connectivity index (χ4v) is 9.36. The maximum absolute atomic E-state index is 14.7. The molecule has 2 aromatic carbocycles. The molecule has 468 valence electrons. The number of aliphatic carboxylic acids is 1. The van der Waals surface area contributed by atoms with E-state index in [1.54, 1.807) is 56.4 Å². The number of carboxylic acids is 1. The van der Waals surface area contributed by atoms with E-state index >= 15 is 0 Å². The van der Waals surface area contributed by atoms with Crippen LogP contribution in [0, 0.1) is 5.92 Å². The molecule has 2 heterocycles. The van der Waals surface area contributed by atoms with E-state index in [1.807, 2.05) is 0 Å². The number of carbonyl (C=O) groups excluding carboxylic acids is 9. The minimum absolute atomic E-state index is 0.00451. The molecule has 0 unspecified atom stereocenters. The van der Waals surface area contributed by atoms with Gasteiger partial charge >= 0.3 is 5.97 Å². The summed E-state index contributed by atoms with van der Waals surface area (Å²) in [5, 5.41) is 70.4. The Hall–Kier alpha value is -8.45. The third-order valence-electron chi connectivity index (χ3n) is 13.9. The lowest BCUT2D eigenvalue weighted by molar-refractivity contribution is -0.143. The highest BCUT2D eigenvalue weighted by atomic mass is 16.4. The number of aromatic amines is 1. The molecule has 85 heavy (non-hydrogen) atoms. The fraction of sp³-hybridized carbons (Fsp3) is 0.545. The first-order valence-corrected chi connectivity index (χ1v) is 28.0. The summed E-state index contributed by atoms with van der Waals surface area (Å²) in [5.74, 6) is -9.93. The van der Waals surface area contributed by atoms with Crippen LogP contribution in [0.25, 0.3) is 10.9 Å². The van der Waals surface area contributed by atoms with Crippen LogP contribution in [0.5, 0.6) is 5.75 Å². The Kier molecular flexibility index (Phi) is 27.9. The van der Waals surface area contributed by atoms with Crippen LogP contribution in [0.1, 0.15) is 83.3 Å². The quantitative estimate of drug-likeness (QED) is 0.0149. The van der Waals surface area contributed by atoms with Crippen LogP contribution in [-0.2, 0) is 60.8 Å². The van der Waals surface area contributed by atoms with Crippen molar-refractivity contribution in [3.8, 4) is 5.75 Å². The van der Waals surface area contributed by atoms with Crippen molar-refractivity contribution in [2.45, 2.75) is 145 Å². The van der Waals surface area contributed by atoms with E-state index < -0.39 is 139 Å². The first-order chi connectivity index (χ1) is 40.4. The van der Waals surface area contributed by atoms with Gasteiger partial charge in [-0.1, -0.05) is 44.2 Å². The molecule has 4 rings (SSSR count). The van der Waals surface area contributed by atoms with Gasteiger partial charge in [0.2, 0.25) is 53.2 Å². The number of para-hydroxylation sites is 1. The molecule has 0 spiro atoms. The van der Waals surface area contributed by atoms with Crippen LogP contribution in [0.2, 0.25) is 0 Å². The number of H-pyrrole nitrogens is 1. The van der Waals surface area contributed by atoms with Gasteiger partial charge < -0.3 is 101 Å². The van der Waals surface area contributed by atoms with Crippen LogP contribution >= 0.6 is 0 Å². The topological polar surface area (TPSA) is 504 Å². The zero-order valence-corrected chi connectivity index (χ0v) is 47.9. The Morgan fingerprint density at radius 2 is 1.29 bits per heavy atom. The van der Waals surface area contributed by atoms with Crippen molar-refractivity contribution < 1.29 is 73.5 Å².